The van der Waals surface area contributed by atoms with Crippen molar-refractivity contribution in [3.05, 3.63) is 70.7 Å². The number of thiazole rings is 1. The summed E-state index contributed by atoms with van der Waals surface area (Å²) in [5.41, 5.74) is 4.68. The van der Waals surface area contributed by atoms with Crippen LogP contribution in [0, 0.1) is 5.92 Å². The predicted molar refractivity (Wildman–Crippen MR) is 129 cm³/mol. The average Bonchev–Trinajstić information content (AvgIpc) is 3.43. The van der Waals surface area contributed by atoms with Gasteiger partial charge in [-0.25, -0.2) is 9.78 Å². The van der Waals surface area contributed by atoms with Crippen LogP contribution in [0.3, 0.4) is 0 Å². The third kappa shape index (κ3) is 4.79. The van der Waals surface area contributed by atoms with Gasteiger partial charge in [0.2, 0.25) is 0 Å². The lowest BCUT2D eigenvalue weighted by molar-refractivity contribution is -0.141. The summed E-state index contributed by atoms with van der Waals surface area (Å²) in [7, 11) is 0. The zero-order valence-corrected chi connectivity index (χ0v) is 19.7. The molecule has 9 heteroatoms. The smallest absolute Gasteiger partial charge is 0.413 e. The highest BCUT2D eigenvalue weighted by molar-refractivity contribution is 7.14. The molecule has 176 valence electrons. The Hall–Kier alpha value is -3.72. The van der Waals surface area contributed by atoms with Gasteiger partial charge in [0.1, 0.15) is 12.3 Å². The van der Waals surface area contributed by atoms with Crippen molar-refractivity contribution in [1.29, 1.82) is 0 Å². The lowest BCUT2D eigenvalue weighted by Gasteiger charge is -2.21. The van der Waals surface area contributed by atoms with Crippen LogP contribution in [-0.4, -0.2) is 52.7 Å². The molecule has 8 nitrogen and oxygen atoms in total. The lowest BCUT2D eigenvalue weighted by Crippen LogP contribution is -2.37. The molecule has 1 atom stereocenters. The van der Waals surface area contributed by atoms with E-state index in [4.69, 9.17) is 9.84 Å². The number of amides is 2. The van der Waals surface area contributed by atoms with E-state index in [1.54, 1.807) is 13.8 Å². The Kier molecular flexibility index (Phi) is 6.93. The molecule has 1 heterocycles. The molecule has 1 aliphatic carbocycles. The van der Waals surface area contributed by atoms with E-state index in [9.17, 15) is 14.4 Å². The first-order chi connectivity index (χ1) is 16.4. The van der Waals surface area contributed by atoms with Gasteiger partial charge in [0, 0.05) is 24.4 Å². The number of carboxylic acid groups (broad SMARTS) is 1. The minimum Gasteiger partial charge on any atom is -0.481 e. The number of aromatic nitrogens is 1. The first-order valence-corrected chi connectivity index (χ1v) is 11.9. The van der Waals surface area contributed by atoms with Gasteiger partial charge in [-0.3, -0.25) is 14.9 Å². The van der Waals surface area contributed by atoms with Crippen molar-refractivity contribution in [2.24, 2.45) is 5.92 Å². The molecule has 2 amide bonds. The Balaban J connectivity index is 1.38. The monoisotopic (exact) mass is 479 g/mol. The largest absolute Gasteiger partial charge is 0.481 e. The second-order valence-corrected chi connectivity index (χ2v) is 8.93. The molecule has 0 spiro atoms. The van der Waals surface area contributed by atoms with Gasteiger partial charge in [0.05, 0.1) is 5.92 Å². The Bertz CT molecular complexity index is 1180. The van der Waals surface area contributed by atoms with Gasteiger partial charge >= 0.3 is 12.1 Å². The van der Waals surface area contributed by atoms with E-state index in [1.807, 2.05) is 36.4 Å². The highest BCUT2D eigenvalue weighted by atomic mass is 32.1. The maximum Gasteiger partial charge on any atom is 0.413 e. The Morgan fingerprint density at radius 2 is 1.74 bits per heavy atom. The molecule has 2 N–H and O–H groups in total. The topological polar surface area (TPSA) is 109 Å². The summed E-state index contributed by atoms with van der Waals surface area (Å²) < 4.78 is 5.52. The van der Waals surface area contributed by atoms with Crippen LogP contribution in [0.25, 0.3) is 11.1 Å². The molecule has 1 aliphatic rings. The summed E-state index contributed by atoms with van der Waals surface area (Å²) >= 11 is 1.11. The standard InChI is InChI=1S/C25H25N3O5S/c1-3-28(12-15(2)23(30)31)22(29)21-14-34-24(26-21)27-25(32)33-13-20-18-10-6-4-8-16(18)17-9-5-7-11-19(17)20/h4-11,14-15,20H,3,12-13H2,1-2H3,(H,30,31)(H,26,27,32). The van der Waals surface area contributed by atoms with E-state index in [-0.39, 0.29) is 35.8 Å². The van der Waals surface area contributed by atoms with Gasteiger partial charge in [-0.05, 0) is 29.2 Å². The first kappa shape index (κ1) is 23.4. The van der Waals surface area contributed by atoms with Crippen molar-refractivity contribution in [3.63, 3.8) is 0 Å². The molecular formula is C25H25N3O5S. The van der Waals surface area contributed by atoms with E-state index in [0.29, 0.717) is 6.54 Å². The minimum atomic E-state index is -0.970. The van der Waals surface area contributed by atoms with Crippen molar-refractivity contribution < 1.29 is 24.2 Å². The average molecular weight is 480 g/mol. The van der Waals surface area contributed by atoms with Crippen LogP contribution in [0.1, 0.15) is 41.4 Å². The number of rotatable bonds is 8. The normalized spacial score (nSPS) is 13.0. The highest BCUT2D eigenvalue weighted by Gasteiger charge is 2.29. The van der Waals surface area contributed by atoms with Crippen LogP contribution in [0.2, 0.25) is 0 Å². The SMILES string of the molecule is CCN(CC(C)C(=O)O)C(=O)c1csc(NC(=O)OCC2c3ccccc3-c3ccccc32)n1. The van der Waals surface area contributed by atoms with Crippen LogP contribution in [0.4, 0.5) is 9.93 Å². The van der Waals surface area contributed by atoms with Crippen LogP contribution < -0.4 is 5.32 Å². The molecule has 0 saturated heterocycles. The van der Waals surface area contributed by atoms with Crippen molar-refractivity contribution in [2.45, 2.75) is 19.8 Å². The van der Waals surface area contributed by atoms with E-state index in [0.717, 1.165) is 33.6 Å². The minimum absolute atomic E-state index is 0.0547. The fourth-order valence-electron chi connectivity index (χ4n) is 4.08. The molecule has 3 aromatic rings. The van der Waals surface area contributed by atoms with Crippen molar-refractivity contribution in [2.75, 3.05) is 25.0 Å². The molecule has 1 unspecified atom stereocenters. The van der Waals surface area contributed by atoms with E-state index >= 15 is 0 Å². The van der Waals surface area contributed by atoms with Crippen LogP contribution >= 0.6 is 11.3 Å². The quantitative estimate of drug-likeness (QED) is 0.485. The first-order valence-electron chi connectivity index (χ1n) is 11.0. The fraction of sp³-hybridized carbons (Fsp3) is 0.280. The van der Waals surface area contributed by atoms with Crippen LogP contribution in [0.5, 0.6) is 0 Å². The number of carbonyl (C=O) groups is 3. The summed E-state index contributed by atoms with van der Waals surface area (Å²) in [6.45, 7) is 3.92. The van der Waals surface area contributed by atoms with Gasteiger partial charge in [0.25, 0.3) is 5.91 Å². The lowest BCUT2D eigenvalue weighted by atomic mass is 9.98. The summed E-state index contributed by atoms with van der Waals surface area (Å²) in [6, 6.07) is 16.2. The van der Waals surface area contributed by atoms with Crippen molar-refractivity contribution in [3.8, 4) is 11.1 Å². The third-order valence-electron chi connectivity index (χ3n) is 5.86. The maximum atomic E-state index is 12.7. The molecule has 2 aromatic carbocycles. The number of carbonyl (C=O) groups excluding carboxylic acids is 2. The zero-order valence-electron chi connectivity index (χ0n) is 18.9. The van der Waals surface area contributed by atoms with E-state index < -0.39 is 18.0 Å². The number of carboxylic acids is 1. The molecule has 0 radical (unpaired) electrons. The molecular weight excluding hydrogens is 454 g/mol. The molecule has 4 rings (SSSR count). The number of aliphatic carboxylic acids is 1. The number of hydrogen-bond donors (Lipinski definition) is 2. The fourth-order valence-corrected chi connectivity index (χ4v) is 4.75. The highest BCUT2D eigenvalue weighted by Crippen LogP contribution is 2.44. The molecule has 0 aliphatic heterocycles. The zero-order chi connectivity index (χ0) is 24.2. The summed E-state index contributed by atoms with van der Waals surface area (Å²) in [6.07, 6.45) is -0.651. The predicted octanol–water partition coefficient (Wildman–Crippen LogP) is 4.69. The van der Waals surface area contributed by atoms with Crippen molar-refractivity contribution in [1.82, 2.24) is 9.88 Å². The number of fused-ring (bicyclic) bond motifs is 3. The second kappa shape index (κ2) is 10.0. The van der Waals surface area contributed by atoms with E-state index in [1.165, 1.54) is 10.3 Å². The molecule has 1 aromatic heterocycles. The number of hydrogen-bond acceptors (Lipinski definition) is 6. The number of ether oxygens (including phenoxy) is 1. The van der Waals surface area contributed by atoms with Crippen LogP contribution in [0.15, 0.2) is 53.9 Å². The van der Waals surface area contributed by atoms with Crippen LogP contribution in [-0.2, 0) is 9.53 Å². The summed E-state index contributed by atoms with van der Waals surface area (Å²) in [5, 5.41) is 13.5. The van der Waals surface area contributed by atoms with Gasteiger partial charge in [-0.1, -0.05) is 55.5 Å². The second-order valence-electron chi connectivity index (χ2n) is 8.07. The summed E-state index contributed by atoms with van der Waals surface area (Å²) in [5.74, 6) is -2.10. The maximum absolute atomic E-state index is 12.7. The molecule has 0 saturated carbocycles. The van der Waals surface area contributed by atoms with Crippen molar-refractivity contribution >= 4 is 34.4 Å². The molecule has 34 heavy (non-hydrogen) atoms. The number of nitrogens with one attached hydrogen (secondary N) is 1. The molecule has 0 bridgehead atoms. The van der Waals surface area contributed by atoms with Gasteiger partial charge in [0.15, 0.2) is 5.13 Å². The van der Waals surface area contributed by atoms with Gasteiger partial charge < -0.3 is 14.7 Å². The number of anilines is 1. The van der Waals surface area contributed by atoms with E-state index in [2.05, 4.69) is 22.4 Å². The Morgan fingerprint density at radius 1 is 1.12 bits per heavy atom. The number of benzene rings is 2. The Morgan fingerprint density at radius 3 is 2.32 bits per heavy atom. The van der Waals surface area contributed by atoms with Gasteiger partial charge in [-0.2, -0.15) is 0 Å². The summed E-state index contributed by atoms with van der Waals surface area (Å²) in [4.78, 5) is 41.9. The van der Waals surface area contributed by atoms with Gasteiger partial charge in [-0.15, -0.1) is 11.3 Å². The number of nitrogens with zero attached hydrogens (tertiary/aromatic N) is 2. The molecule has 0 fully saturated rings. The third-order valence-corrected chi connectivity index (χ3v) is 6.62. The Labute approximate surface area is 201 Å².